The minimum absolute atomic E-state index is 0.274. The Labute approximate surface area is 88.9 Å². The first-order chi connectivity index (χ1) is 6.82. The molecule has 2 unspecified atom stereocenters. The fraction of sp³-hybridized carbons (Fsp3) is 0.818. The SMILES string of the molecule is COC(=O)C12CCC(C)(C(=O)O1)C2(C)C. The zero-order valence-corrected chi connectivity index (χ0v) is 9.55. The summed E-state index contributed by atoms with van der Waals surface area (Å²) >= 11 is 0. The quantitative estimate of drug-likeness (QED) is 0.614. The van der Waals surface area contributed by atoms with Crippen molar-refractivity contribution in [1.29, 1.82) is 0 Å². The summed E-state index contributed by atoms with van der Waals surface area (Å²) in [7, 11) is 1.33. The molecule has 1 saturated carbocycles. The summed E-state index contributed by atoms with van der Waals surface area (Å²) in [5.74, 6) is -0.703. The van der Waals surface area contributed by atoms with E-state index in [4.69, 9.17) is 9.47 Å². The first-order valence-corrected chi connectivity index (χ1v) is 5.14. The van der Waals surface area contributed by atoms with Crippen LogP contribution in [0, 0.1) is 10.8 Å². The predicted octanol–water partition coefficient (Wildman–Crippen LogP) is 1.28. The largest absolute Gasteiger partial charge is 0.466 e. The average Bonchev–Trinajstić information content (AvgIpc) is 2.47. The lowest BCUT2D eigenvalue weighted by Crippen LogP contribution is -2.48. The molecular weight excluding hydrogens is 196 g/mol. The molecule has 4 heteroatoms. The van der Waals surface area contributed by atoms with Gasteiger partial charge in [0.2, 0.25) is 5.60 Å². The van der Waals surface area contributed by atoms with Crippen LogP contribution in [-0.2, 0) is 19.1 Å². The van der Waals surface area contributed by atoms with Gasteiger partial charge in [-0.25, -0.2) is 4.79 Å². The molecule has 0 N–H and O–H groups in total. The number of methoxy groups -OCH3 is 1. The van der Waals surface area contributed by atoms with Crippen LogP contribution in [-0.4, -0.2) is 24.6 Å². The maximum atomic E-state index is 11.8. The molecule has 1 saturated heterocycles. The van der Waals surface area contributed by atoms with E-state index in [-0.39, 0.29) is 5.97 Å². The van der Waals surface area contributed by atoms with Crippen molar-refractivity contribution in [3.63, 3.8) is 0 Å². The van der Waals surface area contributed by atoms with Gasteiger partial charge in [0.05, 0.1) is 12.5 Å². The third-order valence-electron chi connectivity index (χ3n) is 4.60. The van der Waals surface area contributed by atoms with Crippen molar-refractivity contribution in [2.45, 2.75) is 39.2 Å². The molecule has 2 atom stereocenters. The second-order valence-electron chi connectivity index (χ2n) is 5.17. The molecule has 0 radical (unpaired) electrons. The van der Waals surface area contributed by atoms with Gasteiger partial charge < -0.3 is 9.47 Å². The smallest absolute Gasteiger partial charge is 0.350 e. The first-order valence-electron chi connectivity index (χ1n) is 5.14. The minimum atomic E-state index is -1.06. The Morgan fingerprint density at radius 2 is 1.93 bits per heavy atom. The third-order valence-corrected chi connectivity index (χ3v) is 4.60. The molecule has 2 bridgehead atoms. The van der Waals surface area contributed by atoms with E-state index in [1.165, 1.54) is 7.11 Å². The molecule has 0 aromatic rings. The van der Waals surface area contributed by atoms with Crippen molar-refractivity contribution in [3.8, 4) is 0 Å². The summed E-state index contributed by atoms with van der Waals surface area (Å²) in [5, 5.41) is 0. The van der Waals surface area contributed by atoms with Crippen LogP contribution in [0.1, 0.15) is 33.6 Å². The van der Waals surface area contributed by atoms with Crippen LogP contribution in [0.3, 0.4) is 0 Å². The molecule has 0 aromatic heterocycles. The molecule has 4 nitrogen and oxygen atoms in total. The van der Waals surface area contributed by atoms with Gasteiger partial charge in [-0.2, -0.15) is 0 Å². The Morgan fingerprint density at radius 1 is 1.33 bits per heavy atom. The van der Waals surface area contributed by atoms with Crippen LogP contribution in [0.15, 0.2) is 0 Å². The number of hydrogen-bond acceptors (Lipinski definition) is 4. The molecule has 2 fully saturated rings. The van der Waals surface area contributed by atoms with E-state index in [0.717, 1.165) is 0 Å². The lowest BCUT2D eigenvalue weighted by Gasteiger charge is -2.33. The predicted molar refractivity (Wildman–Crippen MR) is 52.0 cm³/mol. The molecule has 2 rings (SSSR count). The minimum Gasteiger partial charge on any atom is -0.466 e. The standard InChI is InChI=1S/C11H16O4/c1-9(2)10(3)5-6-11(9,8(13)14-4)15-7(10)12/h5-6H2,1-4H3. The Balaban J connectivity index is 2.54. The fourth-order valence-electron chi connectivity index (χ4n) is 2.87. The second kappa shape index (κ2) is 2.54. The van der Waals surface area contributed by atoms with Crippen LogP contribution < -0.4 is 0 Å². The maximum Gasteiger partial charge on any atom is 0.350 e. The fourth-order valence-corrected chi connectivity index (χ4v) is 2.87. The van der Waals surface area contributed by atoms with Gasteiger partial charge in [-0.3, -0.25) is 4.79 Å². The lowest BCUT2D eigenvalue weighted by molar-refractivity contribution is -0.180. The number of fused-ring (bicyclic) bond motifs is 2. The number of ether oxygens (including phenoxy) is 2. The Kier molecular flexibility index (Phi) is 1.77. The third kappa shape index (κ3) is 0.840. The van der Waals surface area contributed by atoms with Crippen molar-refractivity contribution < 1.29 is 19.1 Å². The number of carbonyl (C=O) groups excluding carboxylic acids is 2. The number of carbonyl (C=O) groups is 2. The molecular formula is C11H16O4. The Hall–Kier alpha value is -1.06. The number of esters is 2. The molecule has 1 aliphatic heterocycles. The van der Waals surface area contributed by atoms with E-state index < -0.39 is 22.4 Å². The summed E-state index contributed by atoms with van der Waals surface area (Å²) in [6.07, 6.45) is 1.25. The molecule has 1 aliphatic carbocycles. The van der Waals surface area contributed by atoms with Crippen LogP contribution in [0.4, 0.5) is 0 Å². The van der Waals surface area contributed by atoms with Gasteiger partial charge >= 0.3 is 11.9 Å². The van der Waals surface area contributed by atoms with Crippen molar-refractivity contribution in [2.24, 2.45) is 10.8 Å². The van der Waals surface area contributed by atoms with Gasteiger partial charge in [-0.1, -0.05) is 13.8 Å². The topological polar surface area (TPSA) is 52.6 Å². The van der Waals surface area contributed by atoms with Gasteiger partial charge in [0, 0.05) is 5.41 Å². The highest BCUT2D eigenvalue weighted by Gasteiger charge is 2.76. The van der Waals surface area contributed by atoms with Gasteiger partial charge in [0.1, 0.15) is 0 Å². The molecule has 1 heterocycles. The summed E-state index contributed by atoms with van der Waals surface area (Å²) in [5.41, 5.74) is -2.11. The first kappa shape index (κ1) is 10.5. The van der Waals surface area contributed by atoms with Crippen molar-refractivity contribution >= 4 is 11.9 Å². The van der Waals surface area contributed by atoms with E-state index >= 15 is 0 Å². The zero-order valence-electron chi connectivity index (χ0n) is 9.55. The molecule has 84 valence electrons. The molecule has 0 spiro atoms. The normalized spacial score (nSPS) is 41.5. The summed E-state index contributed by atoms with van der Waals surface area (Å²) in [6.45, 7) is 5.68. The Bertz CT molecular complexity index is 346. The van der Waals surface area contributed by atoms with Crippen LogP contribution in [0.25, 0.3) is 0 Å². The van der Waals surface area contributed by atoms with Gasteiger partial charge in [0.25, 0.3) is 0 Å². The van der Waals surface area contributed by atoms with Crippen molar-refractivity contribution in [3.05, 3.63) is 0 Å². The van der Waals surface area contributed by atoms with E-state index in [1.54, 1.807) is 0 Å². The number of hydrogen-bond donors (Lipinski definition) is 0. The van der Waals surface area contributed by atoms with E-state index in [9.17, 15) is 9.59 Å². The van der Waals surface area contributed by atoms with Crippen molar-refractivity contribution in [2.75, 3.05) is 7.11 Å². The molecule has 0 aromatic carbocycles. The average molecular weight is 212 g/mol. The van der Waals surface area contributed by atoms with E-state index in [2.05, 4.69) is 0 Å². The molecule has 0 amide bonds. The molecule has 2 aliphatic rings. The Morgan fingerprint density at radius 3 is 2.27 bits per heavy atom. The maximum absolute atomic E-state index is 11.8. The second-order valence-corrected chi connectivity index (χ2v) is 5.17. The van der Waals surface area contributed by atoms with Crippen molar-refractivity contribution in [1.82, 2.24) is 0 Å². The van der Waals surface area contributed by atoms with Crippen LogP contribution in [0.2, 0.25) is 0 Å². The van der Waals surface area contributed by atoms with E-state index in [1.807, 2.05) is 20.8 Å². The monoisotopic (exact) mass is 212 g/mol. The highest BCUT2D eigenvalue weighted by atomic mass is 16.6. The van der Waals surface area contributed by atoms with Crippen LogP contribution >= 0.6 is 0 Å². The summed E-state index contributed by atoms with van der Waals surface area (Å²) < 4.78 is 10.1. The summed E-state index contributed by atoms with van der Waals surface area (Å²) in [4.78, 5) is 23.6. The highest BCUT2D eigenvalue weighted by molar-refractivity contribution is 5.93. The summed E-state index contributed by atoms with van der Waals surface area (Å²) in [6, 6.07) is 0. The zero-order chi connectivity index (χ0) is 11.5. The molecule has 15 heavy (non-hydrogen) atoms. The van der Waals surface area contributed by atoms with Gasteiger partial charge in [0.15, 0.2) is 0 Å². The van der Waals surface area contributed by atoms with Gasteiger partial charge in [-0.15, -0.1) is 0 Å². The number of rotatable bonds is 1. The lowest BCUT2D eigenvalue weighted by atomic mass is 9.66. The van der Waals surface area contributed by atoms with Crippen LogP contribution in [0.5, 0.6) is 0 Å². The van der Waals surface area contributed by atoms with E-state index in [0.29, 0.717) is 12.8 Å². The van der Waals surface area contributed by atoms with Gasteiger partial charge in [-0.05, 0) is 19.8 Å². The highest BCUT2D eigenvalue weighted by Crippen LogP contribution is 2.65.